The minimum atomic E-state index is -2.04. The van der Waals surface area contributed by atoms with Crippen LogP contribution in [0.1, 0.15) is 12.5 Å². The highest BCUT2D eigenvalue weighted by Crippen LogP contribution is 2.28. The van der Waals surface area contributed by atoms with Crippen molar-refractivity contribution >= 4 is 40.0 Å². The van der Waals surface area contributed by atoms with Crippen molar-refractivity contribution in [2.75, 3.05) is 0 Å². The number of aromatic amines is 1. The molecule has 8 heteroatoms. The van der Waals surface area contributed by atoms with Gasteiger partial charge in [0.25, 0.3) is 0 Å². The number of fused-ring (bicyclic) bond motifs is 3. The van der Waals surface area contributed by atoms with E-state index in [9.17, 15) is 19.5 Å². The standard InChI is InChI=1S/C16H14N4O4/c1-9(22)19-16(15(23)24,17-8-21)12-4-5-13-10(6-12)2-3-11-7-18-20-14(11)13/h2-8H,1H3,(H,17,21)(H,18,20)(H,19,22)(H,23,24). The molecule has 24 heavy (non-hydrogen) atoms. The zero-order valence-corrected chi connectivity index (χ0v) is 12.7. The molecule has 0 saturated heterocycles. The SMILES string of the molecule is CC(=O)NC(NC=O)(C(=O)O)c1ccc2c(ccc3c[nH]nc32)c1. The minimum absolute atomic E-state index is 0.222. The maximum Gasteiger partial charge on any atom is 0.355 e. The molecular formula is C16H14N4O4. The molecule has 1 aromatic heterocycles. The van der Waals surface area contributed by atoms with Gasteiger partial charge in [-0.3, -0.25) is 14.7 Å². The van der Waals surface area contributed by atoms with Gasteiger partial charge in [0.1, 0.15) is 0 Å². The van der Waals surface area contributed by atoms with E-state index >= 15 is 0 Å². The van der Waals surface area contributed by atoms with Crippen molar-refractivity contribution in [1.82, 2.24) is 20.8 Å². The summed E-state index contributed by atoms with van der Waals surface area (Å²) >= 11 is 0. The van der Waals surface area contributed by atoms with Gasteiger partial charge >= 0.3 is 5.97 Å². The maximum absolute atomic E-state index is 11.8. The first-order valence-electron chi connectivity index (χ1n) is 7.08. The molecule has 0 aliphatic rings. The quantitative estimate of drug-likeness (QED) is 0.408. The van der Waals surface area contributed by atoms with Crippen molar-refractivity contribution < 1.29 is 19.5 Å². The fraction of sp³-hybridized carbons (Fsp3) is 0.125. The summed E-state index contributed by atoms with van der Waals surface area (Å²) in [5, 5.41) is 23.6. The van der Waals surface area contributed by atoms with Gasteiger partial charge < -0.3 is 15.7 Å². The molecule has 3 rings (SSSR count). The Morgan fingerprint density at radius 2 is 2.00 bits per heavy atom. The molecule has 3 aromatic rings. The number of carbonyl (C=O) groups excluding carboxylic acids is 2. The molecule has 1 unspecified atom stereocenters. The molecule has 0 fully saturated rings. The number of nitrogens with zero attached hydrogens (tertiary/aromatic N) is 1. The van der Waals surface area contributed by atoms with Crippen LogP contribution in [0, 0.1) is 0 Å². The molecule has 8 nitrogen and oxygen atoms in total. The molecule has 122 valence electrons. The van der Waals surface area contributed by atoms with E-state index in [1.54, 1.807) is 18.3 Å². The molecular weight excluding hydrogens is 312 g/mol. The van der Waals surface area contributed by atoms with E-state index in [4.69, 9.17) is 0 Å². The van der Waals surface area contributed by atoms with Gasteiger partial charge in [-0.2, -0.15) is 5.10 Å². The van der Waals surface area contributed by atoms with Crippen molar-refractivity contribution in [3.8, 4) is 0 Å². The normalized spacial score (nSPS) is 13.4. The van der Waals surface area contributed by atoms with Crippen molar-refractivity contribution in [3.05, 3.63) is 42.1 Å². The van der Waals surface area contributed by atoms with Crippen LogP contribution in [-0.4, -0.2) is 33.6 Å². The lowest BCUT2D eigenvalue weighted by atomic mass is 9.95. The Morgan fingerprint density at radius 1 is 1.25 bits per heavy atom. The molecule has 0 saturated carbocycles. The van der Waals surface area contributed by atoms with Gasteiger partial charge in [-0.15, -0.1) is 0 Å². The summed E-state index contributed by atoms with van der Waals surface area (Å²) < 4.78 is 0. The number of hydrogen-bond acceptors (Lipinski definition) is 4. The predicted molar refractivity (Wildman–Crippen MR) is 85.9 cm³/mol. The lowest BCUT2D eigenvalue weighted by Crippen LogP contribution is -2.60. The number of H-pyrrole nitrogens is 1. The van der Waals surface area contributed by atoms with Crippen LogP contribution < -0.4 is 10.6 Å². The number of hydrogen-bond donors (Lipinski definition) is 4. The number of aliphatic carboxylic acids is 1. The minimum Gasteiger partial charge on any atom is -0.478 e. The lowest BCUT2D eigenvalue weighted by molar-refractivity contribution is -0.151. The highest BCUT2D eigenvalue weighted by molar-refractivity contribution is 6.05. The van der Waals surface area contributed by atoms with Crippen LogP contribution in [-0.2, 0) is 20.0 Å². The van der Waals surface area contributed by atoms with Gasteiger partial charge in [-0.25, -0.2) is 4.79 Å². The van der Waals surface area contributed by atoms with Gasteiger partial charge in [-0.05, 0) is 11.5 Å². The number of carboxylic acid groups (broad SMARTS) is 1. The molecule has 4 N–H and O–H groups in total. The third-order valence-electron chi connectivity index (χ3n) is 3.81. The molecule has 0 bridgehead atoms. The Hall–Kier alpha value is -3.42. The van der Waals surface area contributed by atoms with Gasteiger partial charge in [0.05, 0.1) is 5.52 Å². The van der Waals surface area contributed by atoms with Crippen LogP contribution in [0.4, 0.5) is 0 Å². The van der Waals surface area contributed by atoms with E-state index < -0.39 is 17.5 Å². The fourth-order valence-electron chi connectivity index (χ4n) is 2.75. The van der Waals surface area contributed by atoms with E-state index in [1.165, 1.54) is 13.0 Å². The number of rotatable bonds is 5. The average Bonchev–Trinajstić information content (AvgIpc) is 3.02. The van der Waals surface area contributed by atoms with Crippen molar-refractivity contribution in [1.29, 1.82) is 0 Å². The average molecular weight is 326 g/mol. The number of benzene rings is 2. The first kappa shape index (κ1) is 15.5. The van der Waals surface area contributed by atoms with E-state index in [2.05, 4.69) is 20.8 Å². The van der Waals surface area contributed by atoms with Crippen molar-refractivity contribution in [2.24, 2.45) is 0 Å². The zero-order valence-electron chi connectivity index (χ0n) is 12.7. The first-order chi connectivity index (χ1) is 11.5. The van der Waals surface area contributed by atoms with E-state index in [-0.39, 0.29) is 12.0 Å². The van der Waals surface area contributed by atoms with E-state index in [1.807, 2.05) is 12.1 Å². The van der Waals surface area contributed by atoms with Gasteiger partial charge in [0.2, 0.25) is 18.0 Å². The number of carboxylic acids is 1. The molecule has 1 heterocycles. The second-order valence-electron chi connectivity index (χ2n) is 5.32. The first-order valence-corrected chi connectivity index (χ1v) is 7.08. The molecule has 1 atom stereocenters. The van der Waals surface area contributed by atoms with Crippen molar-refractivity contribution in [3.63, 3.8) is 0 Å². The molecule has 0 spiro atoms. The zero-order chi connectivity index (χ0) is 17.3. The van der Waals surface area contributed by atoms with Gasteiger partial charge in [-0.1, -0.05) is 24.3 Å². The largest absolute Gasteiger partial charge is 0.478 e. The summed E-state index contributed by atoms with van der Waals surface area (Å²) in [5.74, 6) is -1.99. The lowest BCUT2D eigenvalue weighted by Gasteiger charge is -2.30. The Balaban J connectivity index is 2.23. The monoisotopic (exact) mass is 326 g/mol. The summed E-state index contributed by atoms with van der Waals surface area (Å²) in [7, 11) is 0. The van der Waals surface area contributed by atoms with E-state index in [0.29, 0.717) is 0 Å². The maximum atomic E-state index is 11.8. The van der Waals surface area contributed by atoms with E-state index in [0.717, 1.165) is 21.7 Å². The van der Waals surface area contributed by atoms with Crippen LogP contribution in [0.3, 0.4) is 0 Å². The van der Waals surface area contributed by atoms with Gasteiger partial charge in [0, 0.05) is 29.5 Å². The smallest absolute Gasteiger partial charge is 0.355 e. The number of amides is 2. The van der Waals surface area contributed by atoms with Crippen LogP contribution in [0.25, 0.3) is 21.7 Å². The third kappa shape index (κ3) is 2.34. The third-order valence-corrected chi connectivity index (χ3v) is 3.81. The topological polar surface area (TPSA) is 124 Å². The van der Waals surface area contributed by atoms with Crippen molar-refractivity contribution in [2.45, 2.75) is 12.6 Å². The Labute approximate surface area is 135 Å². The molecule has 0 aliphatic carbocycles. The highest BCUT2D eigenvalue weighted by atomic mass is 16.4. The number of carbonyl (C=O) groups is 3. The molecule has 0 aliphatic heterocycles. The Morgan fingerprint density at radius 3 is 2.67 bits per heavy atom. The Bertz CT molecular complexity index is 965. The summed E-state index contributed by atoms with van der Waals surface area (Å²) in [6.45, 7) is 1.18. The predicted octanol–water partition coefficient (Wildman–Crippen LogP) is 0.836. The molecule has 0 radical (unpaired) electrons. The molecule has 2 amide bonds. The second-order valence-corrected chi connectivity index (χ2v) is 5.32. The second kappa shape index (κ2) is 5.65. The fourth-order valence-corrected chi connectivity index (χ4v) is 2.75. The Kier molecular flexibility index (Phi) is 3.64. The summed E-state index contributed by atoms with van der Waals surface area (Å²) in [6.07, 6.45) is 2.00. The molecule has 2 aromatic carbocycles. The summed E-state index contributed by atoms with van der Waals surface area (Å²) in [5.41, 5.74) is -1.06. The van der Waals surface area contributed by atoms with Crippen LogP contribution in [0.2, 0.25) is 0 Å². The number of aromatic nitrogens is 2. The summed E-state index contributed by atoms with van der Waals surface area (Å²) in [6, 6.07) is 8.51. The van der Waals surface area contributed by atoms with Crippen LogP contribution in [0.5, 0.6) is 0 Å². The van der Waals surface area contributed by atoms with Gasteiger partial charge in [0.15, 0.2) is 0 Å². The highest BCUT2D eigenvalue weighted by Gasteiger charge is 2.41. The number of nitrogens with one attached hydrogen (secondary N) is 3. The van der Waals surface area contributed by atoms with Crippen LogP contribution in [0.15, 0.2) is 36.5 Å². The summed E-state index contributed by atoms with van der Waals surface area (Å²) in [4.78, 5) is 34.2. The van der Waals surface area contributed by atoms with Crippen LogP contribution >= 0.6 is 0 Å².